The van der Waals surface area contributed by atoms with Crippen molar-refractivity contribution in [3.63, 3.8) is 0 Å². The van der Waals surface area contributed by atoms with Crippen LogP contribution in [0.15, 0.2) is 192 Å². The number of hydrogen-bond acceptors (Lipinski definition) is 4. The molecule has 0 saturated carbocycles. The van der Waals surface area contributed by atoms with E-state index in [2.05, 4.69) is 130 Å². The molecule has 0 aliphatic rings. The summed E-state index contributed by atoms with van der Waals surface area (Å²) >= 11 is 0. The van der Waals surface area contributed by atoms with Gasteiger partial charge in [-0.1, -0.05) is 133 Å². The normalized spacial score (nSPS) is 11.9. The number of furan rings is 1. The van der Waals surface area contributed by atoms with E-state index in [-0.39, 0.29) is 0 Å². The molecule has 0 aliphatic heterocycles. The summed E-state index contributed by atoms with van der Waals surface area (Å²) in [4.78, 5) is 14.9. The van der Waals surface area contributed by atoms with Crippen molar-refractivity contribution in [1.82, 2.24) is 24.1 Å². The summed E-state index contributed by atoms with van der Waals surface area (Å²) in [7, 11) is 0. The van der Waals surface area contributed by atoms with Crippen molar-refractivity contribution in [2.24, 2.45) is 0 Å². The van der Waals surface area contributed by atoms with Gasteiger partial charge >= 0.3 is 0 Å². The molecule has 266 valence electrons. The zero-order valence-corrected chi connectivity index (χ0v) is 30.5. The zero-order chi connectivity index (χ0) is 37.5. The first-order valence-corrected chi connectivity index (χ1v) is 19.1. The van der Waals surface area contributed by atoms with Gasteiger partial charge in [0.2, 0.25) is 0 Å². The third-order valence-corrected chi connectivity index (χ3v) is 11.1. The number of fused-ring (bicyclic) bond motifs is 12. The zero-order valence-electron chi connectivity index (χ0n) is 30.5. The van der Waals surface area contributed by atoms with Gasteiger partial charge in [-0.2, -0.15) is 0 Å². The molecule has 0 aliphatic carbocycles. The predicted molar refractivity (Wildman–Crippen MR) is 232 cm³/mol. The maximum Gasteiger partial charge on any atom is 0.164 e. The van der Waals surface area contributed by atoms with Crippen LogP contribution in [0.3, 0.4) is 0 Å². The molecule has 0 atom stereocenters. The average molecular weight is 730 g/mol. The van der Waals surface area contributed by atoms with Gasteiger partial charge < -0.3 is 13.6 Å². The summed E-state index contributed by atoms with van der Waals surface area (Å²) in [6, 6.07) is 65.3. The van der Waals surface area contributed by atoms with Crippen LogP contribution >= 0.6 is 0 Å². The summed E-state index contributed by atoms with van der Waals surface area (Å²) in [6.45, 7) is 0. The van der Waals surface area contributed by atoms with E-state index in [1.807, 2.05) is 66.7 Å². The summed E-state index contributed by atoms with van der Waals surface area (Å²) in [6.07, 6.45) is 0. The maximum atomic E-state index is 6.94. The molecular formula is C51H31N5O. The Morgan fingerprint density at radius 3 is 1.30 bits per heavy atom. The van der Waals surface area contributed by atoms with Gasteiger partial charge in [-0.3, -0.25) is 0 Å². The minimum absolute atomic E-state index is 0.619. The lowest BCUT2D eigenvalue weighted by Gasteiger charge is -2.12. The Morgan fingerprint density at radius 2 is 0.737 bits per heavy atom. The Morgan fingerprint density at radius 1 is 0.333 bits per heavy atom. The van der Waals surface area contributed by atoms with E-state index in [1.54, 1.807) is 0 Å². The summed E-state index contributed by atoms with van der Waals surface area (Å²) in [5.74, 6) is 1.89. The lowest BCUT2D eigenvalue weighted by molar-refractivity contribution is 0.673. The summed E-state index contributed by atoms with van der Waals surface area (Å²) in [5, 5.41) is 6.81. The minimum atomic E-state index is 0.619. The monoisotopic (exact) mass is 729 g/mol. The van der Waals surface area contributed by atoms with Crippen molar-refractivity contribution < 1.29 is 4.42 Å². The lowest BCUT2D eigenvalue weighted by atomic mass is 10.0. The van der Waals surface area contributed by atoms with E-state index in [0.717, 1.165) is 82.8 Å². The third-order valence-electron chi connectivity index (χ3n) is 11.1. The van der Waals surface area contributed by atoms with E-state index in [1.165, 1.54) is 10.8 Å². The maximum absolute atomic E-state index is 6.94. The van der Waals surface area contributed by atoms with Crippen molar-refractivity contribution in [2.45, 2.75) is 0 Å². The van der Waals surface area contributed by atoms with Gasteiger partial charge in [0, 0.05) is 49.6 Å². The number of rotatable bonds is 5. The fraction of sp³-hybridized carbons (Fsp3) is 0. The van der Waals surface area contributed by atoms with E-state index < -0.39 is 0 Å². The molecule has 0 N–H and O–H groups in total. The van der Waals surface area contributed by atoms with Crippen molar-refractivity contribution >= 4 is 65.6 Å². The van der Waals surface area contributed by atoms with Gasteiger partial charge in [-0.15, -0.1) is 0 Å². The van der Waals surface area contributed by atoms with Crippen molar-refractivity contribution in [3.8, 4) is 45.5 Å². The Labute approximate surface area is 326 Å². The standard InChI is InChI=1S/C51H31N5O/c1-4-16-32(17-5-1)49-52-50(33-18-6-2-7-19-33)54-51(53-49)34-28-30-36(31-29-34)56-40-25-13-10-22-37(40)43-46-44(48-45(47(43)56)39-24-12-15-27-42(39)57-48)38-23-11-14-26-41(38)55(46)35-20-8-3-9-21-35/h1-31H. The van der Waals surface area contributed by atoms with Crippen LogP contribution in [0, 0.1) is 0 Å². The molecular weight excluding hydrogens is 699 g/mol. The highest BCUT2D eigenvalue weighted by Gasteiger charge is 2.27. The SMILES string of the molecule is c1ccc(-c2nc(-c3ccccc3)nc(-c3ccc(-n4c5ccccc5c5c6c(c7ccccc7n6-c6ccccc6)c6oc7ccccc7c6c54)cc3)n2)cc1. The van der Waals surface area contributed by atoms with Gasteiger partial charge in [0.25, 0.3) is 0 Å². The first-order chi connectivity index (χ1) is 28.3. The predicted octanol–water partition coefficient (Wildman–Crippen LogP) is 13.0. The Balaban J connectivity index is 1.16. The lowest BCUT2D eigenvalue weighted by Crippen LogP contribution is -2.00. The molecule has 12 rings (SSSR count). The van der Waals surface area contributed by atoms with Gasteiger partial charge in [-0.25, -0.2) is 15.0 Å². The van der Waals surface area contributed by atoms with Gasteiger partial charge in [-0.05, 0) is 54.6 Å². The molecule has 4 heterocycles. The molecule has 0 fully saturated rings. The van der Waals surface area contributed by atoms with Crippen molar-refractivity contribution in [1.29, 1.82) is 0 Å². The number of benzene rings is 8. The number of aromatic nitrogens is 5. The summed E-state index contributed by atoms with van der Waals surface area (Å²) < 4.78 is 11.8. The molecule has 0 unspecified atom stereocenters. The Hall–Kier alpha value is -7.83. The number of nitrogens with zero attached hydrogens (tertiary/aromatic N) is 5. The van der Waals surface area contributed by atoms with E-state index in [0.29, 0.717) is 17.5 Å². The molecule has 57 heavy (non-hydrogen) atoms. The molecule has 4 aromatic heterocycles. The van der Waals surface area contributed by atoms with Crippen molar-refractivity contribution in [2.75, 3.05) is 0 Å². The van der Waals surface area contributed by atoms with E-state index in [4.69, 9.17) is 19.4 Å². The highest BCUT2D eigenvalue weighted by atomic mass is 16.3. The Kier molecular flexibility index (Phi) is 6.83. The van der Waals surface area contributed by atoms with Crippen LogP contribution in [-0.2, 0) is 0 Å². The third kappa shape index (κ3) is 4.74. The van der Waals surface area contributed by atoms with E-state index in [9.17, 15) is 0 Å². The first kappa shape index (κ1) is 31.5. The van der Waals surface area contributed by atoms with Crippen LogP contribution in [0.2, 0.25) is 0 Å². The number of hydrogen-bond donors (Lipinski definition) is 0. The van der Waals surface area contributed by atoms with Gasteiger partial charge in [0.05, 0.1) is 32.8 Å². The fourth-order valence-electron chi connectivity index (χ4n) is 8.69. The minimum Gasteiger partial charge on any atom is -0.455 e. The number of para-hydroxylation sites is 4. The highest BCUT2D eigenvalue weighted by Crippen LogP contribution is 2.49. The molecule has 6 heteroatoms. The second kappa shape index (κ2) is 12.3. The fourth-order valence-corrected chi connectivity index (χ4v) is 8.69. The molecule has 12 aromatic rings. The van der Waals surface area contributed by atoms with Crippen molar-refractivity contribution in [3.05, 3.63) is 188 Å². The van der Waals surface area contributed by atoms with Crippen LogP contribution in [-0.4, -0.2) is 24.1 Å². The van der Waals surface area contributed by atoms with Gasteiger partial charge in [0.1, 0.15) is 11.2 Å². The quantitative estimate of drug-likeness (QED) is 0.177. The Bertz CT molecular complexity index is 3430. The average Bonchev–Trinajstić information content (AvgIpc) is 3.95. The first-order valence-electron chi connectivity index (χ1n) is 19.1. The molecule has 0 radical (unpaired) electrons. The second-order valence-electron chi connectivity index (χ2n) is 14.4. The van der Waals surface area contributed by atoms with Crippen LogP contribution < -0.4 is 0 Å². The molecule has 6 nitrogen and oxygen atoms in total. The summed E-state index contributed by atoms with van der Waals surface area (Å²) in [5.41, 5.74) is 11.1. The highest BCUT2D eigenvalue weighted by molar-refractivity contribution is 6.39. The van der Waals surface area contributed by atoms with Gasteiger partial charge in [0.15, 0.2) is 17.5 Å². The molecule has 0 spiro atoms. The second-order valence-corrected chi connectivity index (χ2v) is 14.4. The van der Waals surface area contributed by atoms with Crippen LogP contribution in [0.1, 0.15) is 0 Å². The van der Waals surface area contributed by atoms with E-state index >= 15 is 0 Å². The topological polar surface area (TPSA) is 61.7 Å². The van der Waals surface area contributed by atoms with Crippen LogP contribution in [0.25, 0.3) is 111 Å². The molecule has 0 saturated heterocycles. The molecule has 8 aromatic carbocycles. The molecule has 0 bridgehead atoms. The largest absolute Gasteiger partial charge is 0.455 e. The van der Waals surface area contributed by atoms with Crippen LogP contribution in [0.4, 0.5) is 0 Å². The van der Waals surface area contributed by atoms with Crippen LogP contribution in [0.5, 0.6) is 0 Å². The smallest absolute Gasteiger partial charge is 0.164 e. The molecule has 0 amide bonds.